The Bertz CT molecular complexity index is 1020. The topological polar surface area (TPSA) is 38.8 Å². The molecule has 0 aromatic heterocycles. The van der Waals surface area contributed by atoms with Crippen LogP contribution in [0, 0.1) is 0 Å². The zero-order valence-electron chi connectivity index (χ0n) is 17.3. The van der Waals surface area contributed by atoms with Crippen molar-refractivity contribution < 1.29 is 14.3 Å². The number of fused-ring (bicyclic) bond motifs is 1. The van der Waals surface area contributed by atoms with E-state index in [1.54, 1.807) is 20.3 Å². The van der Waals surface area contributed by atoms with Crippen molar-refractivity contribution >= 4 is 11.5 Å². The number of hydrogen-bond donors (Lipinski definition) is 0. The maximum atomic E-state index is 13.2. The number of carbonyl (C=O) groups is 1. The summed E-state index contributed by atoms with van der Waals surface area (Å²) in [4.78, 5) is 15.1. The van der Waals surface area contributed by atoms with Crippen LogP contribution in [0.3, 0.4) is 0 Å². The van der Waals surface area contributed by atoms with Gasteiger partial charge in [-0.15, -0.1) is 0 Å². The van der Waals surface area contributed by atoms with Gasteiger partial charge in [-0.05, 0) is 46.4 Å². The molecular formula is C26H25NO3. The van der Waals surface area contributed by atoms with Gasteiger partial charge < -0.3 is 14.4 Å². The first-order valence-electron chi connectivity index (χ1n) is 10.0. The van der Waals surface area contributed by atoms with Crippen LogP contribution in [0.5, 0.6) is 11.5 Å². The summed E-state index contributed by atoms with van der Waals surface area (Å²) in [6.45, 7) is 1.23. The van der Waals surface area contributed by atoms with Crippen molar-refractivity contribution in [2.75, 3.05) is 20.8 Å². The highest BCUT2D eigenvalue weighted by Crippen LogP contribution is 2.33. The SMILES string of the molecule is COc1cc2c(cc1OC)CN(C(=O)C=C(c1ccccc1)c1ccccc1)CC2. The standard InChI is InChI=1S/C26H25NO3/c1-29-24-15-21-13-14-27(18-22(21)16-25(24)30-2)26(28)17-23(19-9-5-3-6-10-19)20-11-7-4-8-12-20/h3-12,15-17H,13-14,18H2,1-2H3. The minimum absolute atomic E-state index is 0.0122. The van der Waals surface area contributed by atoms with Gasteiger partial charge in [0.05, 0.1) is 14.2 Å². The first-order valence-corrected chi connectivity index (χ1v) is 10.0. The quantitative estimate of drug-likeness (QED) is 0.583. The molecular weight excluding hydrogens is 374 g/mol. The molecule has 0 spiro atoms. The molecule has 0 bridgehead atoms. The molecule has 0 N–H and O–H groups in total. The smallest absolute Gasteiger partial charge is 0.247 e. The summed E-state index contributed by atoms with van der Waals surface area (Å²) in [6.07, 6.45) is 2.55. The normalized spacial score (nSPS) is 12.7. The average molecular weight is 399 g/mol. The largest absolute Gasteiger partial charge is 0.493 e. The minimum atomic E-state index is 0.0122. The lowest BCUT2D eigenvalue weighted by Crippen LogP contribution is -2.35. The van der Waals surface area contributed by atoms with E-state index in [1.165, 1.54) is 5.56 Å². The number of benzene rings is 3. The van der Waals surface area contributed by atoms with Gasteiger partial charge in [-0.25, -0.2) is 0 Å². The molecule has 3 aromatic carbocycles. The van der Waals surface area contributed by atoms with Crippen LogP contribution >= 0.6 is 0 Å². The van der Waals surface area contributed by atoms with Crippen LogP contribution in [0.2, 0.25) is 0 Å². The van der Waals surface area contributed by atoms with Crippen LogP contribution in [0.1, 0.15) is 22.3 Å². The third kappa shape index (κ3) is 4.08. The maximum absolute atomic E-state index is 13.2. The summed E-state index contributed by atoms with van der Waals surface area (Å²) in [5, 5.41) is 0. The summed E-state index contributed by atoms with van der Waals surface area (Å²) in [6, 6.07) is 24.1. The van der Waals surface area contributed by atoms with Gasteiger partial charge in [0.15, 0.2) is 11.5 Å². The lowest BCUT2D eigenvalue weighted by Gasteiger charge is -2.29. The second-order valence-electron chi connectivity index (χ2n) is 7.28. The fourth-order valence-electron chi connectivity index (χ4n) is 3.85. The highest BCUT2D eigenvalue weighted by atomic mass is 16.5. The average Bonchev–Trinajstić information content (AvgIpc) is 2.82. The molecule has 0 unspecified atom stereocenters. The molecule has 4 heteroatoms. The Hall–Kier alpha value is -3.53. The van der Waals surface area contributed by atoms with Crippen molar-refractivity contribution in [3.8, 4) is 11.5 Å². The molecule has 30 heavy (non-hydrogen) atoms. The van der Waals surface area contributed by atoms with E-state index in [0.717, 1.165) is 34.4 Å². The molecule has 3 aromatic rings. The Morgan fingerprint density at radius 1 is 0.833 bits per heavy atom. The molecule has 0 radical (unpaired) electrons. The molecule has 1 amide bonds. The predicted octanol–water partition coefficient (Wildman–Crippen LogP) is 4.72. The number of methoxy groups -OCH3 is 2. The number of carbonyl (C=O) groups excluding carboxylic acids is 1. The molecule has 0 saturated carbocycles. The Labute approximate surface area is 177 Å². The zero-order valence-corrected chi connectivity index (χ0v) is 17.3. The van der Waals surface area contributed by atoms with E-state index in [9.17, 15) is 4.79 Å². The van der Waals surface area contributed by atoms with Crippen molar-refractivity contribution in [1.29, 1.82) is 0 Å². The predicted molar refractivity (Wildman–Crippen MR) is 119 cm³/mol. The first kappa shape index (κ1) is 19.8. The minimum Gasteiger partial charge on any atom is -0.493 e. The maximum Gasteiger partial charge on any atom is 0.247 e. The lowest BCUT2D eigenvalue weighted by atomic mass is 9.96. The molecule has 0 fully saturated rings. The van der Waals surface area contributed by atoms with Crippen molar-refractivity contribution in [2.45, 2.75) is 13.0 Å². The highest BCUT2D eigenvalue weighted by Gasteiger charge is 2.22. The summed E-state index contributed by atoms with van der Waals surface area (Å²) in [5.41, 5.74) is 5.29. The van der Waals surface area contributed by atoms with Gasteiger partial charge in [0.25, 0.3) is 0 Å². The van der Waals surface area contributed by atoms with Crippen LogP contribution < -0.4 is 9.47 Å². The van der Waals surface area contributed by atoms with Crippen LogP contribution in [0.4, 0.5) is 0 Å². The second kappa shape index (κ2) is 8.87. The zero-order chi connectivity index (χ0) is 20.9. The fourth-order valence-corrected chi connectivity index (χ4v) is 3.85. The summed E-state index contributed by atoms with van der Waals surface area (Å²) >= 11 is 0. The number of ether oxygens (including phenoxy) is 2. The van der Waals surface area contributed by atoms with Gasteiger partial charge in [0, 0.05) is 19.2 Å². The Balaban J connectivity index is 1.64. The van der Waals surface area contributed by atoms with Gasteiger partial charge in [0.1, 0.15) is 0 Å². The van der Waals surface area contributed by atoms with Crippen LogP contribution in [-0.4, -0.2) is 31.6 Å². The first-order chi connectivity index (χ1) is 14.7. The molecule has 1 aliphatic rings. The molecule has 1 heterocycles. The summed E-state index contributed by atoms with van der Waals surface area (Å²) < 4.78 is 10.9. The van der Waals surface area contributed by atoms with Crippen LogP contribution in [-0.2, 0) is 17.8 Å². The lowest BCUT2D eigenvalue weighted by molar-refractivity contribution is -0.126. The van der Waals surface area contributed by atoms with E-state index in [1.807, 2.05) is 77.7 Å². The van der Waals surface area contributed by atoms with E-state index in [2.05, 4.69) is 0 Å². The highest BCUT2D eigenvalue weighted by molar-refractivity contribution is 5.99. The molecule has 0 atom stereocenters. The second-order valence-corrected chi connectivity index (χ2v) is 7.28. The third-order valence-corrected chi connectivity index (χ3v) is 5.47. The Morgan fingerprint density at radius 3 is 1.90 bits per heavy atom. The van der Waals surface area contributed by atoms with E-state index >= 15 is 0 Å². The van der Waals surface area contributed by atoms with Gasteiger partial charge >= 0.3 is 0 Å². The van der Waals surface area contributed by atoms with Crippen LogP contribution in [0.25, 0.3) is 5.57 Å². The van der Waals surface area contributed by atoms with Crippen molar-refractivity contribution in [2.24, 2.45) is 0 Å². The molecule has 0 aliphatic carbocycles. The van der Waals surface area contributed by atoms with Gasteiger partial charge in [0.2, 0.25) is 5.91 Å². The molecule has 4 rings (SSSR count). The third-order valence-electron chi connectivity index (χ3n) is 5.47. The van der Waals surface area contributed by atoms with Crippen LogP contribution in [0.15, 0.2) is 78.9 Å². The Kier molecular flexibility index (Phi) is 5.84. The molecule has 1 aliphatic heterocycles. The van der Waals surface area contributed by atoms with Crippen molar-refractivity contribution in [1.82, 2.24) is 4.90 Å². The molecule has 4 nitrogen and oxygen atoms in total. The number of nitrogens with zero attached hydrogens (tertiary/aromatic N) is 1. The molecule has 152 valence electrons. The van der Waals surface area contributed by atoms with E-state index < -0.39 is 0 Å². The van der Waals surface area contributed by atoms with E-state index in [-0.39, 0.29) is 5.91 Å². The molecule has 0 saturated heterocycles. The van der Waals surface area contributed by atoms with Gasteiger partial charge in [-0.1, -0.05) is 60.7 Å². The summed E-state index contributed by atoms with van der Waals surface area (Å²) in [7, 11) is 3.27. The number of rotatable bonds is 5. The van der Waals surface area contributed by atoms with Crippen molar-refractivity contribution in [3.63, 3.8) is 0 Å². The number of hydrogen-bond acceptors (Lipinski definition) is 3. The summed E-state index contributed by atoms with van der Waals surface area (Å²) in [5.74, 6) is 1.43. The number of amides is 1. The fraction of sp³-hybridized carbons (Fsp3) is 0.192. The van der Waals surface area contributed by atoms with Gasteiger partial charge in [-0.2, -0.15) is 0 Å². The van der Waals surface area contributed by atoms with Gasteiger partial charge in [-0.3, -0.25) is 4.79 Å². The van der Waals surface area contributed by atoms with Crippen molar-refractivity contribution in [3.05, 3.63) is 101 Å². The van der Waals surface area contributed by atoms with E-state index in [4.69, 9.17) is 9.47 Å². The monoisotopic (exact) mass is 399 g/mol. The Morgan fingerprint density at radius 2 is 1.37 bits per heavy atom. The van der Waals surface area contributed by atoms with E-state index in [0.29, 0.717) is 18.8 Å².